The van der Waals surface area contributed by atoms with Crippen LogP contribution in [0.5, 0.6) is 11.5 Å². The van der Waals surface area contributed by atoms with Crippen molar-refractivity contribution >= 4 is 29.1 Å². The van der Waals surface area contributed by atoms with Crippen molar-refractivity contribution in [3.63, 3.8) is 0 Å². The predicted octanol–water partition coefficient (Wildman–Crippen LogP) is 4.13. The number of thioether (sulfide) groups is 1. The normalized spacial score (nSPS) is 10.7. The van der Waals surface area contributed by atoms with Gasteiger partial charge in [0.2, 0.25) is 0 Å². The molecule has 0 spiro atoms. The van der Waals surface area contributed by atoms with Crippen molar-refractivity contribution in [3.05, 3.63) is 53.1 Å². The van der Waals surface area contributed by atoms with Gasteiger partial charge >= 0.3 is 0 Å². The van der Waals surface area contributed by atoms with Gasteiger partial charge < -0.3 is 14.0 Å². The lowest BCUT2D eigenvalue weighted by Crippen LogP contribution is -2.06. The fraction of sp³-hybridized carbons (Fsp3) is 0.211. The lowest BCUT2D eigenvalue weighted by Gasteiger charge is -2.09. The SMILES string of the molecule is COc1ccc(C(=O)CSc2nnc(-c3ccc(Cl)cc3)n2C)c(OC)c1. The topological polar surface area (TPSA) is 66.2 Å². The number of nitrogens with zero attached hydrogens (tertiary/aromatic N) is 3. The number of hydrogen-bond acceptors (Lipinski definition) is 6. The van der Waals surface area contributed by atoms with E-state index >= 15 is 0 Å². The van der Waals surface area contributed by atoms with Crippen LogP contribution in [0, 0.1) is 0 Å². The minimum absolute atomic E-state index is 0.0597. The van der Waals surface area contributed by atoms with Gasteiger partial charge in [-0.05, 0) is 36.4 Å². The highest BCUT2D eigenvalue weighted by atomic mass is 35.5. The number of carbonyl (C=O) groups excluding carboxylic acids is 1. The molecule has 0 aliphatic heterocycles. The molecule has 0 N–H and O–H groups in total. The molecule has 0 saturated heterocycles. The second-order valence-electron chi connectivity index (χ2n) is 5.65. The standard InChI is InChI=1S/C19H18ClN3O3S/c1-23-18(12-4-6-13(20)7-5-12)21-22-19(23)27-11-16(24)15-9-8-14(25-2)10-17(15)26-3/h4-10H,11H2,1-3H3. The number of rotatable bonds is 7. The molecule has 140 valence electrons. The highest BCUT2D eigenvalue weighted by Gasteiger charge is 2.17. The number of carbonyl (C=O) groups is 1. The van der Waals surface area contributed by atoms with E-state index in [0.717, 1.165) is 5.56 Å². The molecule has 3 aromatic rings. The van der Waals surface area contributed by atoms with E-state index in [1.54, 1.807) is 37.4 Å². The van der Waals surface area contributed by atoms with Gasteiger partial charge in [0, 0.05) is 23.7 Å². The Kier molecular flexibility index (Phi) is 6.03. The van der Waals surface area contributed by atoms with Crippen LogP contribution in [0.15, 0.2) is 47.6 Å². The van der Waals surface area contributed by atoms with Crippen molar-refractivity contribution in [2.45, 2.75) is 5.16 Å². The van der Waals surface area contributed by atoms with Gasteiger partial charge in [0.25, 0.3) is 0 Å². The van der Waals surface area contributed by atoms with E-state index in [9.17, 15) is 4.79 Å². The van der Waals surface area contributed by atoms with Gasteiger partial charge in [0.15, 0.2) is 16.8 Å². The number of halogens is 1. The quantitative estimate of drug-likeness (QED) is 0.436. The van der Waals surface area contributed by atoms with E-state index in [2.05, 4.69) is 10.2 Å². The summed E-state index contributed by atoms with van der Waals surface area (Å²) in [6.07, 6.45) is 0. The zero-order chi connectivity index (χ0) is 19.4. The van der Waals surface area contributed by atoms with Crippen molar-refractivity contribution in [1.29, 1.82) is 0 Å². The molecular weight excluding hydrogens is 386 g/mol. The van der Waals surface area contributed by atoms with E-state index in [-0.39, 0.29) is 11.5 Å². The van der Waals surface area contributed by atoms with Crippen molar-refractivity contribution < 1.29 is 14.3 Å². The fourth-order valence-electron chi connectivity index (χ4n) is 2.53. The van der Waals surface area contributed by atoms with Crippen LogP contribution in [-0.2, 0) is 7.05 Å². The van der Waals surface area contributed by atoms with Gasteiger partial charge in [-0.2, -0.15) is 0 Å². The molecule has 0 bridgehead atoms. The number of Topliss-reactive ketones (excluding diaryl/α,β-unsaturated/α-hetero) is 1. The molecule has 0 fully saturated rings. The van der Waals surface area contributed by atoms with E-state index < -0.39 is 0 Å². The third-order valence-electron chi connectivity index (χ3n) is 3.98. The molecule has 3 rings (SSSR count). The molecule has 0 aliphatic rings. The Balaban J connectivity index is 1.74. The molecule has 0 radical (unpaired) electrons. The molecule has 8 heteroatoms. The predicted molar refractivity (Wildman–Crippen MR) is 106 cm³/mol. The van der Waals surface area contributed by atoms with E-state index in [4.69, 9.17) is 21.1 Å². The average molecular weight is 404 g/mol. The molecule has 1 aromatic heterocycles. The van der Waals surface area contributed by atoms with Gasteiger partial charge in [-0.1, -0.05) is 23.4 Å². The third kappa shape index (κ3) is 4.26. The molecule has 0 unspecified atom stereocenters. The number of ether oxygens (including phenoxy) is 2. The van der Waals surface area contributed by atoms with Gasteiger partial charge in [0.1, 0.15) is 11.5 Å². The molecule has 0 atom stereocenters. The molecule has 0 amide bonds. The van der Waals surface area contributed by atoms with Gasteiger partial charge in [-0.3, -0.25) is 4.79 Å². The molecule has 27 heavy (non-hydrogen) atoms. The summed E-state index contributed by atoms with van der Waals surface area (Å²) in [4.78, 5) is 12.6. The zero-order valence-corrected chi connectivity index (χ0v) is 16.7. The summed E-state index contributed by atoms with van der Waals surface area (Å²) in [5.74, 6) is 1.99. The highest BCUT2D eigenvalue weighted by Crippen LogP contribution is 2.28. The number of hydrogen-bond donors (Lipinski definition) is 0. The van der Waals surface area contributed by atoms with Crippen LogP contribution in [0.1, 0.15) is 10.4 Å². The first-order chi connectivity index (χ1) is 13.0. The van der Waals surface area contributed by atoms with Crippen LogP contribution in [-0.4, -0.2) is 40.5 Å². The second kappa shape index (κ2) is 8.45. The maximum absolute atomic E-state index is 12.6. The Labute approximate surface area is 166 Å². The Morgan fingerprint density at radius 1 is 1.11 bits per heavy atom. The number of aromatic nitrogens is 3. The molecule has 0 aliphatic carbocycles. The summed E-state index contributed by atoms with van der Waals surface area (Å²) in [5.41, 5.74) is 1.41. The first-order valence-corrected chi connectivity index (χ1v) is 9.43. The smallest absolute Gasteiger partial charge is 0.191 e. The van der Waals surface area contributed by atoms with Crippen LogP contribution in [0.25, 0.3) is 11.4 Å². The van der Waals surface area contributed by atoms with Crippen LogP contribution in [0.2, 0.25) is 5.02 Å². The van der Waals surface area contributed by atoms with Crippen molar-refractivity contribution in [2.24, 2.45) is 7.05 Å². The summed E-state index contributed by atoms with van der Waals surface area (Å²) in [5, 5.41) is 9.72. The molecule has 0 saturated carbocycles. The van der Waals surface area contributed by atoms with Crippen molar-refractivity contribution in [1.82, 2.24) is 14.8 Å². The molecule has 1 heterocycles. The lowest BCUT2D eigenvalue weighted by molar-refractivity contribution is 0.101. The number of ketones is 1. The first kappa shape index (κ1) is 19.3. The summed E-state index contributed by atoms with van der Waals surface area (Å²) >= 11 is 7.25. The second-order valence-corrected chi connectivity index (χ2v) is 7.03. The van der Waals surface area contributed by atoms with Crippen LogP contribution >= 0.6 is 23.4 Å². The monoisotopic (exact) mass is 403 g/mol. The molecule has 2 aromatic carbocycles. The minimum atomic E-state index is -0.0597. The summed E-state index contributed by atoms with van der Waals surface area (Å²) < 4.78 is 12.3. The van der Waals surface area contributed by atoms with Gasteiger partial charge in [-0.15, -0.1) is 10.2 Å². The van der Waals surface area contributed by atoms with E-state index in [1.807, 2.05) is 23.7 Å². The Morgan fingerprint density at radius 2 is 1.85 bits per heavy atom. The summed E-state index contributed by atoms with van der Waals surface area (Å²) in [6, 6.07) is 12.5. The average Bonchev–Trinajstić information content (AvgIpc) is 3.06. The highest BCUT2D eigenvalue weighted by molar-refractivity contribution is 7.99. The van der Waals surface area contributed by atoms with Gasteiger partial charge in [0.05, 0.1) is 25.5 Å². The Hall–Kier alpha value is -2.51. The largest absolute Gasteiger partial charge is 0.497 e. The van der Waals surface area contributed by atoms with E-state index in [1.165, 1.54) is 18.9 Å². The maximum atomic E-state index is 12.6. The van der Waals surface area contributed by atoms with Crippen LogP contribution < -0.4 is 9.47 Å². The van der Waals surface area contributed by atoms with E-state index in [0.29, 0.717) is 33.1 Å². The molecular formula is C19H18ClN3O3S. The number of methoxy groups -OCH3 is 2. The summed E-state index contributed by atoms with van der Waals surface area (Å²) in [7, 11) is 4.96. The Morgan fingerprint density at radius 3 is 2.52 bits per heavy atom. The van der Waals surface area contributed by atoms with Crippen LogP contribution in [0.4, 0.5) is 0 Å². The van der Waals surface area contributed by atoms with Crippen molar-refractivity contribution in [2.75, 3.05) is 20.0 Å². The minimum Gasteiger partial charge on any atom is -0.497 e. The number of benzene rings is 2. The Bertz CT molecular complexity index is 957. The fourth-order valence-corrected chi connectivity index (χ4v) is 3.45. The van der Waals surface area contributed by atoms with Crippen molar-refractivity contribution in [3.8, 4) is 22.9 Å². The first-order valence-electron chi connectivity index (χ1n) is 8.07. The third-order valence-corrected chi connectivity index (χ3v) is 5.25. The van der Waals surface area contributed by atoms with Gasteiger partial charge in [-0.25, -0.2) is 0 Å². The zero-order valence-electron chi connectivity index (χ0n) is 15.1. The maximum Gasteiger partial charge on any atom is 0.191 e. The summed E-state index contributed by atoms with van der Waals surface area (Å²) in [6.45, 7) is 0. The lowest BCUT2D eigenvalue weighted by atomic mass is 10.1. The van der Waals surface area contributed by atoms with Crippen LogP contribution in [0.3, 0.4) is 0 Å². The molecule has 6 nitrogen and oxygen atoms in total.